The molecule has 10 aromatic rings. The summed E-state index contributed by atoms with van der Waals surface area (Å²) in [5.41, 5.74) is 7.20. The van der Waals surface area contributed by atoms with Gasteiger partial charge in [-0.3, -0.25) is 0 Å². The summed E-state index contributed by atoms with van der Waals surface area (Å²) in [5, 5.41) is 15.6. The quantitative estimate of drug-likeness (QED) is 0.169. The number of nitrogens with zero attached hydrogens (tertiary/aromatic N) is 1. The minimum absolute atomic E-state index is 0.452. The van der Waals surface area contributed by atoms with Crippen LogP contribution in [-0.2, 0) is 0 Å². The Labute approximate surface area is 293 Å². The van der Waals surface area contributed by atoms with Gasteiger partial charge in [0.2, 0.25) is 0 Å². The molecule has 8 aromatic carbocycles. The number of rotatable bonds is 2. The maximum Gasteiger partial charge on any atom is 0.0888 e. The normalized spacial score (nSPS) is 14.5. The van der Waals surface area contributed by atoms with E-state index in [1.807, 2.05) is 11.3 Å². The lowest BCUT2D eigenvalue weighted by atomic mass is 9.81. The second-order valence-electron chi connectivity index (χ2n) is 13.9. The third-order valence-corrected chi connectivity index (χ3v) is 12.2. The van der Waals surface area contributed by atoms with Crippen molar-refractivity contribution >= 4 is 91.4 Å². The zero-order valence-corrected chi connectivity index (χ0v) is 28.4. The van der Waals surface area contributed by atoms with Crippen molar-refractivity contribution in [1.29, 1.82) is 0 Å². The molecule has 1 aliphatic rings. The minimum Gasteiger partial charge on any atom is -0.246 e. The fourth-order valence-corrected chi connectivity index (χ4v) is 9.94. The average Bonchev–Trinajstić information content (AvgIpc) is 3.56. The first-order valence-corrected chi connectivity index (χ1v) is 18.3. The summed E-state index contributed by atoms with van der Waals surface area (Å²) in [7, 11) is 0. The van der Waals surface area contributed by atoms with Crippen LogP contribution in [0.3, 0.4) is 0 Å². The lowest BCUT2D eigenvalue weighted by molar-refractivity contribution is 0.781. The molecule has 0 radical (unpaired) electrons. The first-order valence-electron chi connectivity index (χ1n) is 17.5. The summed E-state index contributed by atoms with van der Waals surface area (Å²) in [6.07, 6.45) is 5.75. The number of thiophene rings is 1. The Hall–Kier alpha value is -5.83. The van der Waals surface area contributed by atoms with Crippen molar-refractivity contribution in [1.82, 2.24) is 4.98 Å². The molecule has 0 saturated carbocycles. The van der Waals surface area contributed by atoms with Gasteiger partial charge in [0.05, 0.1) is 16.1 Å². The van der Waals surface area contributed by atoms with Crippen LogP contribution in [-0.4, -0.2) is 4.98 Å². The van der Waals surface area contributed by atoms with Crippen LogP contribution in [0, 0.1) is 0 Å². The Bertz CT molecular complexity index is 3050. The first kappa shape index (κ1) is 28.1. The van der Waals surface area contributed by atoms with Crippen molar-refractivity contribution in [3.63, 3.8) is 0 Å². The van der Waals surface area contributed by atoms with E-state index >= 15 is 0 Å². The number of hydrogen-bond acceptors (Lipinski definition) is 2. The number of fused-ring (bicyclic) bond motifs is 15. The molecule has 1 atom stereocenters. The molecule has 0 fully saturated rings. The van der Waals surface area contributed by atoms with Crippen LogP contribution in [0.5, 0.6) is 0 Å². The largest absolute Gasteiger partial charge is 0.246 e. The molecule has 2 heteroatoms. The van der Waals surface area contributed by atoms with Gasteiger partial charge in [0.1, 0.15) is 0 Å². The molecular weight excluding hydrogens is 623 g/mol. The molecule has 0 spiro atoms. The fourth-order valence-electron chi connectivity index (χ4n) is 8.75. The summed E-state index contributed by atoms with van der Waals surface area (Å²) in [6.45, 7) is 2.37. The molecule has 0 aliphatic heterocycles. The highest BCUT2D eigenvalue weighted by Gasteiger charge is 2.22. The average molecular weight is 654 g/mol. The molecule has 2 aromatic heterocycles. The third kappa shape index (κ3) is 3.97. The molecule has 0 bridgehead atoms. The van der Waals surface area contributed by atoms with Crippen LogP contribution >= 0.6 is 11.3 Å². The second kappa shape index (κ2) is 10.6. The van der Waals surface area contributed by atoms with Gasteiger partial charge in [-0.05, 0) is 102 Å². The fraction of sp³-hybridized carbons (Fsp3) is 0.0625. The highest BCUT2D eigenvalue weighted by Crippen LogP contribution is 2.45. The monoisotopic (exact) mass is 653 g/mol. The van der Waals surface area contributed by atoms with E-state index < -0.39 is 0 Å². The van der Waals surface area contributed by atoms with E-state index in [4.69, 9.17) is 4.98 Å². The summed E-state index contributed by atoms with van der Waals surface area (Å²) in [5.74, 6) is 0.452. The summed E-state index contributed by atoms with van der Waals surface area (Å²) in [4.78, 5) is 5.58. The zero-order chi connectivity index (χ0) is 32.9. The van der Waals surface area contributed by atoms with E-state index in [0.717, 1.165) is 28.9 Å². The predicted octanol–water partition coefficient (Wildman–Crippen LogP) is 14.1. The summed E-state index contributed by atoms with van der Waals surface area (Å²) >= 11 is 1.85. The molecule has 1 unspecified atom stereocenters. The number of pyridine rings is 1. The molecular formula is C48H31NS. The van der Waals surface area contributed by atoms with Gasteiger partial charge in [-0.1, -0.05) is 134 Å². The van der Waals surface area contributed by atoms with E-state index in [9.17, 15) is 0 Å². The number of allylic oxidation sites excluding steroid dienone is 1. The van der Waals surface area contributed by atoms with E-state index in [0.29, 0.717) is 5.92 Å². The standard InChI is InChI=1S/C48H31NS/c1-28-11-10-19-40-35-16-6-4-15-34(35)38-23-21-29(25-42(38)46(28)40)44-27-43-39-18-8-9-20-45(39)50-48(43)47(49-44)30-22-24-37-33-14-3-2-12-31(33)32-13-5-7-17-36(32)41(37)26-30/h2-10,12-28H,11H2,1H3. The Balaban J connectivity index is 1.21. The molecule has 0 amide bonds. The van der Waals surface area contributed by atoms with Crippen LogP contribution in [0.4, 0.5) is 0 Å². The summed E-state index contributed by atoms with van der Waals surface area (Å²) < 4.78 is 2.53. The topological polar surface area (TPSA) is 12.9 Å². The Morgan fingerprint density at radius 1 is 0.500 bits per heavy atom. The molecule has 0 N–H and O–H groups in total. The van der Waals surface area contributed by atoms with Crippen molar-refractivity contribution in [3.8, 4) is 22.5 Å². The molecule has 1 aliphatic carbocycles. The van der Waals surface area contributed by atoms with Crippen LogP contribution in [0.15, 0.2) is 146 Å². The summed E-state index contributed by atoms with van der Waals surface area (Å²) in [6, 6.07) is 51.7. The van der Waals surface area contributed by atoms with Gasteiger partial charge >= 0.3 is 0 Å². The van der Waals surface area contributed by atoms with Crippen LogP contribution in [0.2, 0.25) is 0 Å². The predicted molar refractivity (Wildman–Crippen MR) is 218 cm³/mol. The van der Waals surface area contributed by atoms with E-state index in [1.165, 1.54) is 85.2 Å². The lowest BCUT2D eigenvalue weighted by Crippen LogP contribution is -2.02. The Morgan fingerprint density at radius 3 is 1.76 bits per heavy atom. The van der Waals surface area contributed by atoms with Crippen molar-refractivity contribution in [2.45, 2.75) is 19.3 Å². The molecule has 11 rings (SSSR count). The molecule has 2 heterocycles. The first-order chi connectivity index (χ1) is 24.7. The van der Waals surface area contributed by atoms with Gasteiger partial charge in [0.25, 0.3) is 0 Å². The van der Waals surface area contributed by atoms with Gasteiger partial charge < -0.3 is 0 Å². The smallest absolute Gasteiger partial charge is 0.0888 e. The Morgan fingerprint density at radius 2 is 1.04 bits per heavy atom. The maximum atomic E-state index is 5.58. The van der Waals surface area contributed by atoms with Gasteiger partial charge in [-0.25, -0.2) is 4.98 Å². The van der Waals surface area contributed by atoms with E-state index in [2.05, 4.69) is 159 Å². The lowest BCUT2D eigenvalue weighted by Gasteiger charge is -2.23. The maximum absolute atomic E-state index is 5.58. The number of benzene rings is 8. The van der Waals surface area contributed by atoms with Gasteiger partial charge in [-0.2, -0.15) is 0 Å². The zero-order valence-electron chi connectivity index (χ0n) is 27.6. The molecule has 234 valence electrons. The highest BCUT2D eigenvalue weighted by atomic mass is 32.1. The van der Waals surface area contributed by atoms with Crippen molar-refractivity contribution in [2.24, 2.45) is 0 Å². The third-order valence-electron chi connectivity index (χ3n) is 11.0. The van der Waals surface area contributed by atoms with Crippen molar-refractivity contribution < 1.29 is 0 Å². The molecule has 50 heavy (non-hydrogen) atoms. The van der Waals surface area contributed by atoms with Gasteiger partial charge in [-0.15, -0.1) is 11.3 Å². The molecule has 1 nitrogen and oxygen atoms in total. The van der Waals surface area contributed by atoms with Gasteiger partial charge in [0, 0.05) is 26.6 Å². The number of hydrogen-bond donors (Lipinski definition) is 0. The van der Waals surface area contributed by atoms with E-state index in [1.54, 1.807) is 0 Å². The Kier molecular flexibility index (Phi) is 5.94. The van der Waals surface area contributed by atoms with Gasteiger partial charge in [0.15, 0.2) is 0 Å². The van der Waals surface area contributed by atoms with E-state index in [-0.39, 0.29) is 0 Å². The van der Waals surface area contributed by atoms with Crippen molar-refractivity contribution in [3.05, 3.63) is 157 Å². The highest BCUT2D eigenvalue weighted by molar-refractivity contribution is 7.26. The SMILES string of the molecule is CC1CC=Cc2c1c1cc(-c3cc4c(sc5ccccc54)c(-c4ccc5c6ccccc6c6ccccc6c5c4)n3)ccc1c1ccccc21. The van der Waals surface area contributed by atoms with Crippen LogP contribution in [0.1, 0.15) is 30.4 Å². The van der Waals surface area contributed by atoms with Crippen LogP contribution in [0.25, 0.3) is 103 Å². The van der Waals surface area contributed by atoms with Crippen molar-refractivity contribution in [2.75, 3.05) is 0 Å². The second-order valence-corrected chi connectivity index (χ2v) is 14.9. The molecule has 0 saturated heterocycles. The minimum atomic E-state index is 0.452. The van der Waals surface area contributed by atoms with Crippen LogP contribution < -0.4 is 0 Å². The number of aromatic nitrogens is 1.